The van der Waals surface area contributed by atoms with Gasteiger partial charge in [-0.2, -0.15) is 0 Å². The molecule has 1 saturated carbocycles. The van der Waals surface area contributed by atoms with Gasteiger partial charge in [-0.3, -0.25) is 0 Å². The summed E-state index contributed by atoms with van der Waals surface area (Å²) in [6.07, 6.45) is 7.97. The fourth-order valence-corrected chi connectivity index (χ4v) is 2.97. The standard InChI is InChI=1S/C14H27BrO3/c1-3-4-5-6-7-8-17-13-11-12(15)14(13)18-10-9-16-2/h12-14H,3-11H2,1-2H3. The minimum atomic E-state index is 0.204. The van der Waals surface area contributed by atoms with Crippen LogP contribution in [0.5, 0.6) is 0 Å². The molecule has 0 amide bonds. The minimum Gasteiger partial charge on any atom is -0.382 e. The Morgan fingerprint density at radius 1 is 1.00 bits per heavy atom. The van der Waals surface area contributed by atoms with Crippen molar-refractivity contribution in [3.63, 3.8) is 0 Å². The summed E-state index contributed by atoms with van der Waals surface area (Å²) in [4.78, 5) is 0.444. The molecule has 3 atom stereocenters. The lowest BCUT2D eigenvalue weighted by molar-refractivity contribution is -0.127. The smallest absolute Gasteiger partial charge is 0.0963 e. The molecule has 0 heterocycles. The van der Waals surface area contributed by atoms with Gasteiger partial charge in [-0.25, -0.2) is 0 Å². The highest BCUT2D eigenvalue weighted by atomic mass is 79.9. The van der Waals surface area contributed by atoms with Gasteiger partial charge in [-0.05, 0) is 12.8 Å². The Morgan fingerprint density at radius 3 is 2.44 bits per heavy atom. The fraction of sp³-hybridized carbons (Fsp3) is 1.00. The first-order valence-electron chi connectivity index (χ1n) is 7.15. The molecule has 0 bridgehead atoms. The van der Waals surface area contributed by atoms with Gasteiger partial charge in [-0.15, -0.1) is 0 Å². The van der Waals surface area contributed by atoms with Crippen LogP contribution in [0.2, 0.25) is 0 Å². The third-order valence-corrected chi connectivity index (χ3v) is 4.25. The molecule has 108 valence electrons. The Bertz CT molecular complexity index is 201. The number of alkyl halides is 1. The van der Waals surface area contributed by atoms with E-state index in [2.05, 4.69) is 22.9 Å². The van der Waals surface area contributed by atoms with Crippen molar-refractivity contribution in [3.05, 3.63) is 0 Å². The van der Waals surface area contributed by atoms with Crippen molar-refractivity contribution in [1.29, 1.82) is 0 Å². The summed E-state index contributed by atoms with van der Waals surface area (Å²) in [6, 6.07) is 0. The Kier molecular flexibility index (Phi) is 9.29. The van der Waals surface area contributed by atoms with E-state index in [0.29, 0.717) is 18.0 Å². The summed E-state index contributed by atoms with van der Waals surface area (Å²) in [5, 5.41) is 0. The molecule has 0 spiro atoms. The van der Waals surface area contributed by atoms with Crippen molar-refractivity contribution in [2.75, 3.05) is 26.9 Å². The van der Waals surface area contributed by atoms with E-state index in [4.69, 9.17) is 14.2 Å². The third-order valence-electron chi connectivity index (χ3n) is 3.36. The van der Waals surface area contributed by atoms with Crippen molar-refractivity contribution in [2.24, 2.45) is 0 Å². The lowest BCUT2D eigenvalue weighted by atomic mass is 9.91. The lowest BCUT2D eigenvalue weighted by Crippen LogP contribution is -2.51. The molecule has 0 aromatic carbocycles. The Balaban J connectivity index is 2.00. The van der Waals surface area contributed by atoms with E-state index in [1.54, 1.807) is 7.11 Å². The van der Waals surface area contributed by atoms with E-state index in [0.717, 1.165) is 13.0 Å². The van der Waals surface area contributed by atoms with Crippen molar-refractivity contribution < 1.29 is 14.2 Å². The predicted molar refractivity (Wildman–Crippen MR) is 77.4 cm³/mol. The zero-order chi connectivity index (χ0) is 13.2. The van der Waals surface area contributed by atoms with Crippen molar-refractivity contribution in [3.8, 4) is 0 Å². The number of hydrogen-bond donors (Lipinski definition) is 0. The number of halogens is 1. The van der Waals surface area contributed by atoms with Gasteiger partial charge in [0, 0.05) is 18.5 Å². The summed E-state index contributed by atoms with van der Waals surface area (Å²) in [5.74, 6) is 0. The van der Waals surface area contributed by atoms with Crippen molar-refractivity contribution in [2.45, 2.75) is 62.5 Å². The van der Waals surface area contributed by atoms with E-state index < -0.39 is 0 Å². The largest absolute Gasteiger partial charge is 0.382 e. The predicted octanol–water partition coefficient (Wildman–Crippen LogP) is 3.54. The van der Waals surface area contributed by atoms with Gasteiger partial charge >= 0.3 is 0 Å². The highest BCUT2D eigenvalue weighted by Crippen LogP contribution is 2.33. The highest BCUT2D eigenvalue weighted by Gasteiger charge is 2.41. The van der Waals surface area contributed by atoms with Crippen molar-refractivity contribution in [1.82, 2.24) is 0 Å². The molecule has 0 aromatic heterocycles. The van der Waals surface area contributed by atoms with Crippen LogP contribution in [0.4, 0.5) is 0 Å². The van der Waals surface area contributed by atoms with Gasteiger partial charge in [0.2, 0.25) is 0 Å². The topological polar surface area (TPSA) is 27.7 Å². The first-order chi connectivity index (χ1) is 8.79. The molecule has 1 rings (SSSR count). The maximum atomic E-state index is 5.88. The zero-order valence-electron chi connectivity index (χ0n) is 11.7. The molecule has 0 saturated heterocycles. The van der Waals surface area contributed by atoms with Crippen LogP contribution in [0.3, 0.4) is 0 Å². The molecule has 1 aliphatic carbocycles. The molecule has 1 fully saturated rings. The van der Waals surface area contributed by atoms with Gasteiger partial charge in [0.1, 0.15) is 0 Å². The van der Waals surface area contributed by atoms with Crippen LogP contribution < -0.4 is 0 Å². The summed E-state index contributed by atoms with van der Waals surface area (Å²) in [6.45, 7) is 4.42. The van der Waals surface area contributed by atoms with Gasteiger partial charge in [0.15, 0.2) is 0 Å². The molecule has 0 aliphatic heterocycles. The van der Waals surface area contributed by atoms with Crippen LogP contribution in [-0.4, -0.2) is 44.0 Å². The van der Waals surface area contributed by atoms with E-state index in [1.165, 1.54) is 32.1 Å². The van der Waals surface area contributed by atoms with Gasteiger partial charge in [0.25, 0.3) is 0 Å². The molecule has 3 unspecified atom stereocenters. The summed E-state index contributed by atoms with van der Waals surface area (Å²) < 4.78 is 16.6. The van der Waals surface area contributed by atoms with Crippen LogP contribution >= 0.6 is 15.9 Å². The molecule has 0 radical (unpaired) electrons. The van der Waals surface area contributed by atoms with Crippen LogP contribution in [-0.2, 0) is 14.2 Å². The molecule has 4 heteroatoms. The molecule has 1 aliphatic rings. The first-order valence-corrected chi connectivity index (χ1v) is 8.07. The maximum absolute atomic E-state index is 5.88. The van der Waals surface area contributed by atoms with E-state index in [9.17, 15) is 0 Å². The lowest BCUT2D eigenvalue weighted by Gasteiger charge is -2.40. The van der Waals surface area contributed by atoms with Gasteiger partial charge < -0.3 is 14.2 Å². The van der Waals surface area contributed by atoms with Gasteiger partial charge in [-0.1, -0.05) is 48.5 Å². The van der Waals surface area contributed by atoms with E-state index in [-0.39, 0.29) is 12.2 Å². The van der Waals surface area contributed by atoms with Crippen LogP contribution in [0.1, 0.15) is 45.4 Å². The molecule has 18 heavy (non-hydrogen) atoms. The quantitative estimate of drug-likeness (QED) is 0.430. The number of hydrogen-bond acceptors (Lipinski definition) is 3. The SMILES string of the molecule is CCCCCCCOC1CC(Br)C1OCCOC. The summed E-state index contributed by atoms with van der Waals surface area (Å²) in [7, 11) is 1.69. The van der Waals surface area contributed by atoms with E-state index >= 15 is 0 Å². The Hall–Kier alpha value is 0.360. The van der Waals surface area contributed by atoms with Crippen LogP contribution in [0.25, 0.3) is 0 Å². The number of ether oxygens (including phenoxy) is 3. The third kappa shape index (κ3) is 6.00. The highest BCUT2D eigenvalue weighted by molar-refractivity contribution is 9.09. The number of rotatable bonds is 11. The minimum absolute atomic E-state index is 0.204. The summed E-state index contributed by atoms with van der Waals surface area (Å²) in [5.41, 5.74) is 0. The van der Waals surface area contributed by atoms with Crippen molar-refractivity contribution >= 4 is 15.9 Å². The monoisotopic (exact) mass is 322 g/mol. The normalized spacial score (nSPS) is 27.2. The molecule has 3 nitrogen and oxygen atoms in total. The fourth-order valence-electron chi connectivity index (χ4n) is 2.11. The number of unbranched alkanes of at least 4 members (excludes halogenated alkanes) is 4. The average molecular weight is 323 g/mol. The second-order valence-corrected chi connectivity index (χ2v) is 6.08. The molecular weight excluding hydrogens is 296 g/mol. The van der Waals surface area contributed by atoms with E-state index in [1.807, 2.05) is 0 Å². The zero-order valence-corrected chi connectivity index (χ0v) is 13.3. The first kappa shape index (κ1) is 16.4. The Labute approximate surface area is 120 Å². The molecular formula is C14H27BrO3. The maximum Gasteiger partial charge on any atom is 0.0963 e. The average Bonchev–Trinajstić information content (AvgIpc) is 2.37. The molecule has 0 aromatic rings. The Morgan fingerprint density at radius 2 is 1.78 bits per heavy atom. The van der Waals surface area contributed by atoms with Gasteiger partial charge in [0.05, 0.1) is 25.4 Å². The second kappa shape index (κ2) is 10.2. The summed E-state index contributed by atoms with van der Waals surface area (Å²) >= 11 is 3.62. The molecule has 0 N–H and O–H groups in total. The van der Waals surface area contributed by atoms with Crippen LogP contribution in [0.15, 0.2) is 0 Å². The second-order valence-electron chi connectivity index (χ2n) is 4.90. The van der Waals surface area contributed by atoms with Crippen LogP contribution in [0, 0.1) is 0 Å². The number of methoxy groups -OCH3 is 1.